The molecule has 7 nitrogen and oxygen atoms in total. The van der Waals surface area contributed by atoms with Gasteiger partial charge in [0.05, 0.1) is 16.7 Å². The van der Waals surface area contributed by atoms with Crippen LogP contribution in [0.4, 0.5) is 5.69 Å². The minimum atomic E-state index is -0.883. The monoisotopic (exact) mass is 607 g/mol. The third kappa shape index (κ3) is 10.6. The molecule has 4 aromatic carbocycles. The third-order valence-corrected chi connectivity index (χ3v) is 7.25. The van der Waals surface area contributed by atoms with Crippen LogP contribution in [0, 0.1) is 0 Å². The van der Waals surface area contributed by atoms with Crippen LogP contribution in [0.15, 0.2) is 103 Å². The zero-order chi connectivity index (χ0) is 31.7. The number of carbonyl (C=O) groups excluding carboxylic acids is 3. The Balaban J connectivity index is 1.60. The third-order valence-electron chi connectivity index (χ3n) is 7.25. The lowest BCUT2D eigenvalue weighted by atomic mass is 9.99. The molecule has 4 aromatic rings. The van der Waals surface area contributed by atoms with Gasteiger partial charge in [-0.25, -0.2) is 14.4 Å². The van der Waals surface area contributed by atoms with E-state index in [2.05, 4.69) is 12.2 Å². The Morgan fingerprint density at radius 1 is 0.511 bits per heavy atom. The van der Waals surface area contributed by atoms with Gasteiger partial charge in [0.2, 0.25) is 0 Å². The van der Waals surface area contributed by atoms with Crippen LogP contribution in [0.2, 0.25) is 0 Å². The molecule has 234 valence electrons. The number of hydrogen-bond donors (Lipinski definition) is 1. The van der Waals surface area contributed by atoms with Crippen molar-refractivity contribution in [3.8, 4) is 17.2 Å². The van der Waals surface area contributed by atoms with Crippen LogP contribution in [0.25, 0.3) is 0 Å². The van der Waals surface area contributed by atoms with Crippen molar-refractivity contribution < 1.29 is 28.6 Å². The lowest BCUT2D eigenvalue weighted by Crippen LogP contribution is -2.24. The van der Waals surface area contributed by atoms with Gasteiger partial charge in [0.15, 0.2) is 0 Å². The fourth-order valence-electron chi connectivity index (χ4n) is 4.90. The summed E-state index contributed by atoms with van der Waals surface area (Å²) in [5.41, 5.74) is 0.0222. The van der Waals surface area contributed by atoms with Gasteiger partial charge in [-0.2, -0.15) is 0 Å². The fourth-order valence-corrected chi connectivity index (χ4v) is 4.90. The van der Waals surface area contributed by atoms with Crippen molar-refractivity contribution in [1.82, 2.24) is 0 Å². The molecule has 0 aliphatic heterocycles. The molecule has 0 atom stereocenters. The molecule has 4 rings (SSSR count). The standard InChI is InChI=1S/C38H41NO6/c1-2-3-4-5-6-7-8-9-19-26-39-29-27-33(36(40)43-30-20-13-10-14-21-30)35(38(42)45-32-24-17-12-18-25-32)34(28-29)37(41)44-31-22-15-11-16-23-31/h10-18,20-25,27-28,39H,2-9,19,26H2,1H3. The van der Waals surface area contributed by atoms with E-state index in [1.807, 2.05) is 0 Å². The number of rotatable bonds is 17. The molecule has 0 heterocycles. The molecule has 0 fully saturated rings. The first-order valence-electron chi connectivity index (χ1n) is 15.8. The van der Waals surface area contributed by atoms with Crippen LogP contribution < -0.4 is 19.5 Å². The van der Waals surface area contributed by atoms with Crippen molar-refractivity contribution in [2.24, 2.45) is 0 Å². The second kappa shape index (κ2) is 18.0. The highest BCUT2D eigenvalue weighted by atomic mass is 16.5. The first kappa shape index (κ1) is 33.0. The van der Waals surface area contributed by atoms with Crippen LogP contribution in [0.5, 0.6) is 17.2 Å². The van der Waals surface area contributed by atoms with E-state index < -0.39 is 17.9 Å². The number of ether oxygens (including phenoxy) is 3. The predicted octanol–water partition coefficient (Wildman–Crippen LogP) is 9.29. The predicted molar refractivity (Wildman–Crippen MR) is 176 cm³/mol. The number of nitrogens with one attached hydrogen (secondary N) is 1. The number of carbonyl (C=O) groups is 3. The first-order valence-corrected chi connectivity index (χ1v) is 15.8. The van der Waals surface area contributed by atoms with E-state index in [1.165, 1.54) is 50.7 Å². The van der Waals surface area contributed by atoms with Gasteiger partial charge in [-0.3, -0.25) is 0 Å². The maximum atomic E-state index is 13.7. The second-order valence-corrected chi connectivity index (χ2v) is 10.8. The number of benzene rings is 4. The Morgan fingerprint density at radius 3 is 1.31 bits per heavy atom. The molecular formula is C38H41NO6. The zero-order valence-electron chi connectivity index (χ0n) is 25.8. The molecule has 0 unspecified atom stereocenters. The average Bonchev–Trinajstić information content (AvgIpc) is 3.06. The van der Waals surface area contributed by atoms with Crippen molar-refractivity contribution in [3.63, 3.8) is 0 Å². The highest BCUT2D eigenvalue weighted by Gasteiger charge is 2.30. The summed E-state index contributed by atoms with van der Waals surface area (Å²) < 4.78 is 16.9. The highest BCUT2D eigenvalue weighted by Crippen LogP contribution is 2.27. The fraction of sp³-hybridized carbons (Fsp3) is 0.289. The first-order chi connectivity index (χ1) is 22.0. The topological polar surface area (TPSA) is 90.9 Å². The summed E-state index contributed by atoms with van der Waals surface area (Å²) >= 11 is 0. The van der Waals surface area contributed by atoms with Crippen LogP contribution in [0.3, 0.4) is 0 Å². The van der Waals surface area contributed by atoms with E-state index in [9.17, 15) is 14.4 Å². The quantitative estimate of drug-likeness (QED) is 0.0727. The SMILES string of the molecule is CCCCCCCCCCCNc1cc(C(=O)Oc2ccccc2)c(C(=O)Oc2ccccc2)c(C(=O)Oc2ccccc2)c1. The van der Waals surface area contributed by atoms with Gasteiger partial charge in [-0.1, -0.05) is 113 Å². The minimum absolute atomic E-state index is 0.114. The summed E-state index contributed by atoms with van der Waals surface area (Å²) in [5.74, 6) is -1.63. The summed E-state index contributed by atoms with van der Waals surface area (Å²) in [6, 6.07) is 28.6. The summed E-state index contributed by atoms with van der Waals surface area (Å²) in [6.07, 6.45) is 10.7. The van der Waals surface area contributed by atoms with Gasteiger partial charge >= 0.3 is 17.9 Å². The Labute approximate surface area is 265 Å². The molecule has 7 heteroatoms. The molecule has 0 amide bonds. The van der Waals surface area contributed by atoms with E-state index >= 15 is 0 Å². The molecule has 45 heavy (non-hydrogen) atoms. The van der Waals surface area contributed by atoms with Crippen molar-refractivity contribution in [2.75, 3.05) is 11.9 Å². The summed E-state index contributed by atoms with van der Waals surface area (Å²) in [6.45, 7) is 2.85. The van der Waals surface area contributed by atoms with Crippen LogP contribution >= 0.6 is 0 Å². The van der Waals surface area contributed by atoms with Crippen LogP contribution in [0.1, 0.15) is 95.8 Å². The smallest absolute Gasteiger partial charge is 0.345 e. The molecule has 0 aromatic heterocycles. The number of para-hydroxylation sites is 3. The minimum Gasteiger partial charge on any atom is -0.423 e. The Bertz CT molecular complexity index is 1430. The number of esters is 3. The highest BCUT2D eigenvalue weighted by molar-refractivity contribution is 6.12. The molecule has 0 saturated carbocycles. The molecule has 1 N–H and O–H groups in total. The van der Waals surface area contributed by atoms with Crippen LogP contribution in [-0.4, -0.2) is 24.5 Å². The van der Waals surface area contributed by atoms with Gasteiger partial charge in [0.1, 0.15) is 17.2 Å². The molecule has 0 bridgehead atoms. The zero-order valence-corrected chi connectivity index (χ0v) is 25.8. The molecule has 0 radical (unpaired) electrons. The van der Waals surface area contributed by atoms with Crippen molar-refractivity contribution in [3.05, 3.63) is 120 Å². The van der Waals surface area contributed by atoms with Crippen molar-refractivity contribution >= 4 is 23.6 Å². The van der Waals surface area contributed by atoms with Crippen LogP contribution in [-0.2, 0) is 0 Å². The maximum Gasteiger partial charge on any atom is 0.345 e. The number of hydrogen-bond acceptors (Lipinski definition) is 7. The van der Waals surface area contributed by atoms with Gasteiger partial charge in [0, 0.05) is 12.2 Å². The normalized spacial score (nSPS) is 10.6. The van der Waals surface area contributed by atoms with Gasteiger partial charge in [0.25, 0.3) is 0 Å². The largest absolute Gasteiger partial charge is 0.423 e. The molecule has 0 saturated heterocycles. The lowest BCUT2D eigenvalue weighted by Gasteiger charge is -2.16. The Morgan fingerprint density at radius 2 is 0.889 bits per heavy atom. The summed E-state index contributed by atoms with van der Waals surface area (Å²) in [7, 11) is 0. The Kier molecular flexibility index (Phi) is 13.2. The molecule has 0 aliphatic rings. The molecule has 0 spiro atoms. The lowest BCUT2D eigenvalue weighted by molar-refractivity contribution is 0.0674. The molecule has 0 aliphatic carbocycles. The number of unbranched alkanes of at least 4 members (excludes halogenated alkanes) is 8. The van der Waals surface area contributed by atoms with Gasteiger partial charge < -0.3 is 19.5 Å². The van der Waals surface area contributed by atoms with E-state index in [0.717, 1.165) is 19.3 Å². The summed E-state index contributed by atoms with van der Waals surface area (Å²) in [5, 5.41) is 3.33. The van der Waals surface area contributed by atoms with E-state index in [4.69, 9.17) is 14.2 Å². The van der Waals surface area contributed by atoms with E-state index in [0.29, 0.717) is 23.7 Å². The van der Waals surface area contributed by atoms with Gasteiger partial charge in [-0.15, -0.1) is 0 Å². The van der Waals surface area contributed by atoms with Crippen molar-refractivity contribution in [1.29, 1.82) is 0 Å². The number of anilines is 1. The van der Waals surface area contributed by atoms with Gasteiger partial charge in [-0.05, 0) is 55.0 Å². The maximum absolute atomic E-state index is 13.7. The molecular weight excluding hydrogens is 566 g/mol. The van der Waals surface area contributed by atoms with E-state index in [-0.39, 0.29) is 22.4 Å². The summed E-state index contributed by atoms with van der Waals surface area (Å²) in [4.78, 5) is 40.9. The van der Waals surface area contributed by atoms with E-state index in [1.54, 1.807) is 91.0 Å². The second-order valence-electron chi connectivity index (χ2n) is 10.8. The van der Waals surface area contributed by atoms with Crippen molar-refractivity contribution in [2.45, 2.75) is 64.7 Å². The average molecular weight is 608 g/mol. The Hall–Kier alpha value is -4.91.